The van der Waals surface area contributed by atoms with Crippen molar-refractivity contribution in [1.82, 2.24) is 14.8 Å². The highest BCUT2D eigenvalue weighted by Crippen LogP contribution is 2.30. The predicted molar refractivity (Wildman–Crippen MR) is 99.8 cm³/mol. The Morgan fingerprint density at radius 1 is 1.13 bits per heavy atom. The molecule has 0 aliphatic carbocycles. The Bertz CT molecular complexity index is 819. The van der Waals surface area contributed by atoms with Crippen molar-refractivity contribution in [2.45, 2.75) is 24.4 Å². The summed E-state index contributed by atoms with van der Waals surface area (Å²) in [4.78, 5) is 0. The normalized spacial score (nSPS) is 10.9. The maximum atomic E-state index is 6.29. The van der Waals surface area contributed by atoms with E-state index < -0.39 is 0 Å². The van der Waals surface area contributed by atoms with Crippen LogP contribution < -0.4 is 0 Å². The van der Waals surface area contributed by atoms with Gasteiger partial charge in [-0.05, 0) is 36.8 Å². The molecule has 0 unspecified atom stereocenters. The van der Waals surface area contributed by atoms with Crippen molar-refractivity contribution in [1.29, 1.82) is 0 Å². The molecule has 3 nitrogen and oxygen atoms in total. The van der Waals surface area contributed by atoms with Crippen LogP contribution in [0.3, 0.4) is 0 Å². The zero-order valence-electron chi connectivity index (χ0n) is 12.5. The molecule has 0 atom stereocenters. The number of rotatable bonds is 5. The Morgan fingerprint density at radius 3 is 2.70 bits per heavy atom. The second-order valence-electron chi connectivity index (χ2n) is 4.95. The summed E-state index contributed by atoms with van der Waals surface area (Å²) in [6, 6.07) is 16.0. The van der Waals surface area contributed by atoms with E-state index in [0.717, 1.165) is 33.3 Å². The molecule has 0 amide bonds. The molecule has 23 heavy (non-hydrogen) atoms. The lowest BCUT2D eigenvalue weighted by Crippen LogP contribution is -2.00. The van der Waals surface area contributed by atoms with E-state index in [-0.39, 0.29) is 0 Å². The standard InChI is InChI=1S/C17H15BrClN3S/c1-2-22-16(14-8-3-4-9-15(14)19)20-21-17(22)23-11-12-6-5-7-13(18)10-12/h3-10H,2,11H2,1H3. The van der Waals surface area contributed by atoms with E-state index in [9.17, 15) is 0 Å². The van der Waals surface area contributed by atoms with Crippen LogP contribution in [0.25, 0.3) is 11.4 Å². The van der Waals surface area contributed by atoms with Gasteiger partial charge in [0.25, 0.3) is 0 Å². The molecule has 0 N–H and O–H groups in total. The number of nitrogens with zero attached hydrogens (tertiary/aromatic N) is 3. The Hall–Kier alpha value is -1.30. The molecule has 1 aromatic heterocycles. The molecule has 0 bridgehead atoms. The molecular weight excluding hydrogens is 394 g/mol. The molecule has 2 aromatic carbocycles. The molecule has 6 heteroatoms. The molecular formula is C17H15BrClN3S. The zero-order valence-corrected chi connectivity index (χ0v) is 15.7. The van der Waals surface area contributed by atoms with Gasteiger partial charge >= 0.3 is 0 Å². The van der Waals surface area contributed by atoms with E-state index in [1.807, 2.05) is 36.4 Å². The van der Waals surface area contributed by atoms with Gasteiger partial charge in [-0.2, -0.15) is 0 Å². The summed E-state index contributed by atoms with van der Waals surface area (Å²) >= 11 is 11.5. The van der Waals surface area contributed by atoms with Crippen molar-refractivity contribution in [2.75, 3.05) is 0 Å². The predicted octanol–water partition coefficient (Wildman–Crippen LogP) is 5.67. The first-order valence-electron chi connectivity index (χ1n) is 7.24. The van der Waals surface area contributed by atoms with Gasteiger partial charge in [-0.3, -0.25) is 0 Å². The molecule has 0 saturated carbocycles. The maximum absolute atomic E-state index is 6.29. The Morgan fingerprint density at radius 2 is 1.96 bits per heavy atom. The molecule has 0 fully saturated rings. The van der Waals surface area contributed by atoms with Crippen molar-refractivity contribution in [3.63, 3.8) is 0 Å². The fourth-order valence-corrected chi connectivity index (χ4v) is 3.91. The molecule has 0 saturated heterocycles. The van der Waals surface area contributed by atoms with E-state index >= 15 is 0 Å². The Kier molecular flexibility index (Phi) is 5.41. The molecule has 0 radical (unpaired) electrons. The first-order valence-corrected chi connectivity index (χ1v) is 9.40. The Labute approximate surface area is 153 Å². The molecule has 118 valence electrons. The second kappa shape index (κ2) is 7.51. The van der Waals surface area contributed by atoms with Gasteiger partial charge in [0.05, 0.1) is 5.02 Å². The van der Waals surface area contributed by atoms with Gasteiger partial charge in [0, 0.05) is 22.3 Å². The minimum atomic E-state index is 0.693. The van der Waals surface area contributed by atoms with Crippen LogP contribution in [-0.4, -0.2) is 14.8 Å². The van der Waals surface area contributed by atoms with Crippen LogP contribution in [0.4, 0.5) is 0 Å². The summed E-state index contributed by atoms with van der Waals surface area (Å²) in [6.07, 6.45) is 0. The van der Waals surface area contributed by atoms with Crippen LogP contribution in [0.5, 0.6) is 0 Å². The van der Waals surface area contributed by atoms with Crippen LogP contribution in [0.2, 0.25) is 5.02 Å². The quantitative estimate of drug-likeness (QED) is 0.509. The van der Waals surface area contributed by atoms with E-state index in [1.54, 1.807) is 11.8 Å². The summed E-state index contributed by atoms with van der Waals surface area (Å²) in [5.74, 6) is 1.66. The minimum Gasteiger partial charge on any atom is -0.302 e. The molecule has 1 heterocycles. The lowest BCUT2D eigenvalue weighted by molar-refractivity contribution is 0.687. The fraction of sp³-hybridized carbons (Fsp3) is 0.176. The summed E-state index contributed by atoms with van der Waals surface area (Å²) in [5.41, 5.74) is 2.16. The van der Waals surface area contributed by atoms with Gasteiger partial charge in [-0.1, -0.05) is 63.6 Å². The van der Waals surface area contributed by atoms with Crippen molar-refractivity contribution in [3.05, 3.63) is 63.6 Å². The fourth-order valence-electron chi connectivity index (χ4n) is 2.30. The number of hydrogen-bond acceptors (Lipinski definition) is 3. The highest BCUT2D eigenvalue weighted by atomic mass is 79.9. The number of hydrogen-bond donors (Lipinski definition) is 0. The lowest BCUT2D eigenvalue weighted by Gasteiger charge is -2.08. The largest absolute Gasteiger partial charge is 0.302 e. The number of aromatic nitrogens is 3. The zero-order chi connectivity index (χ0) is 16.2. The molecule has 0 spiro atoms. The number of thioether (sulfide) groups is 1. The summed E-state index contributed by atoms with van der Waals surface area (Å²) in [7, 11) is 0. The van der Waals surface area contributed by atoms with Crippen LogP contribution in [-0.2, 0) is 12.3 Å². The van der Waals surface area contributed by atoms with Crippen LogP contribution >= 0.6 is 39.3 Å². The van der Waals surface area contributed by atoms with Gasteiger partial charge in [0.1, 0.15) is 0 Å². The van der Waals surface area contributed by atoms with Gasteiger partial charge in [-0.25, -0.2) is 0 Å². The Balaban J connectivity index is 1.85. The third-order valence-electron chi connectivity index (χ3n) is 3.40. The molecule has 3 rings (SSSR count). The molecule has 3 aromatic rings. The van der Waals surface area contributed by atoms with Gasteiger partial charge < -0.3 is 4.57 Å². The number of benzene rings is 2. The SMILES string of the molecule is CCn1c(SCc2cccc(Br)c2)nnc1-c1ccccc1Cl. The first-order chi connectivity index (χ1) is 11.2. The van der Waals surface area contributed by atoms with E-state index in [0.29, 0.717) is 5.02 Å². The third-order valence-corrected chi connectivity index (χ3v) is 5.27. The lowest BCUT2D eigenvalue weighted by atomic mass is 10.2. The first kappa shape index (κ1) is 16.6. The van der Waals surface area contributed by atoms with Gasteiger partial charge in [-0.15, -0.1) is 10.2 Å². The highest BCUT2D eigenvalue weighted by molar-refractivity contribution is 9.10. The van der Waals surface area contributed by atoms with Crippen molar-refractivity contribution in [3.8, 4) is 11.4 Å². The average Bonchev–Trinajstić information content (AvgIpc) is 2.96. The molecule has 0 aliphatic rings. The average molecular weight is 409 g/mol. The smallest absolute Gasteiger partial charge is 0.191 e. The summed E-state index contributed by atoms with van der Waals surface area (Å²) in [6.45, 7) is 2.89. The minimum absolute atomic E-state index is 0.693. The summed E-state index contributed by atoms with van der Waals surface area (Å²) < 4.78 is 3.19. The third kappa shape index (κ3) is 3.79. The second-order valence-corrected chi connectivity index (χ2v) is 7.21. The van der Waals surface area contributed by atoms with Crippen LogP contribution in [0.15, 0.2) is 58.2 Å². The van der Waals surface area contributed by atoms with Gasteiger partial charge in [0.15, 0.2) is 11.0 Å². The van der Waals surface area contributed by atoms with E-state index in [1.165, 1.54) is 5.56 Å². The van der Waals surface area contributed by atoms with Crippen molar-refractivity contribution in [2.24, 2.45) is 0 Å². The highest BCUT2D eigenvalue weighted by Gasteiger charge is 2.15. The van der Waals surface area contributed by atoms with E-state index in [4.69, 9.17) is 11.6 Å². The number of halogens is 2. The van der Waals surface area contributed by atoms with Gasteiger partial charge in [0.2, 0.25) is 0 Å². The van der Waals surface area contributed by atoms with Crippen molar-refractivity contribution < 1.29 is 0 Å². The van der Waals surface area contributed by atoms with Crippen LogP contribution in [0, 0.1) is 0 Å². The summed E-state index contributed by atoms with van der Waals surface area (Å²) in [5, 5.41) is 10.3. The van der Waals surface area contributed by atoms with Crippen LogP contribution in [0.1, 0.15) is 12.5 Å². The molecule has 0 aliphatic heterocycles. The topological polar surface area (TPSA) is 30.7 Å². The maximum Gasteiger partial charge on any atom is 0.191 e. The monoisotopic (exact) mass is 407 g/mol. The van der Waals surface area contributed by atoms with Crippen molar-refractivity contribution >= 4 is 39.3 Å². The van der Waals surface area contributed by atoms with E-state index in [2.05, 4.69) is 49.8 Å².